The summed E-state index contributed by atoms with van der Waals surface area (Å²) in [6.45, 7) is 0.364. The number of benzene rings is 1. The number of carbonyl (C=O) groups excluding carboxylic acids is 1. The quantitative estimate of drug-likeness (QED) is 0.771. The molecule has 128 valence electrons. The third kappa shape index (κ3) is 3.34. The number of hydrogen-bond donors (Lipinski definition) is 0. The Morgan fingerprint density at radius 1 is 1.29 bits per heavy atom. The van der Waals surface area contributed by atoms with Crippen LogP contribution in [0, 0.1) is 5.82 Å². The lowest BCUT2D eigenvalue weighted by Crippen LogP contribution is -2.40. The summed E-state index contributed by atoms with van der Waals surface area (Å²) in [6.07, 6.45) is -0.0221. The van der Waals surface area contributed by atoms with E-state index in [-0.39, 0.29) is 42.8 Å². The molecule has 0 N–H and O–H groups in total. The average molecular weight is 379 g/mol. The first kappa shape index (κ1) is 17.0. The summed E-state index contributed by atoms with van der Waals surface area (Å²) < 4.78 is 40.7. The minimum Gasteiger partial charge on any atom is -0.333 e. The van der Waals surface area contributed by atoms with Crippen LogP contribution in [-0.2, 0) is 29.7 Å². The fourth-order valence-corrected chi connectivity index (χ4v) is 2.89. The third-order valence-corrected chi connectivity index (χ3v) is 4.24. The van der Waals surface area contributed by atoms with Crippen LogP contribution >= 0.6 is 23.2 Å². The van der Waals surface area contributed by atoms with E-state index in [1.807, 2.05) is 0 Å². The number of aromatic nitrogens is 3. The van der Waals surface area contributed by atoms with Crippen LogP contribution in [0.3, 0.4) is 0 Å². The van der Waals surface area contributed by atoms with Crippen LogP contribution in [0.4, 0.5) is 13.2 Å². The molecule has 0 saturated heterocycles. The van der Waals surface area contributed by atoms with Crippen molar-refractivity contribution in [3.63, 3.8) is 0 Å². The van der Waals surface area contributed by atoms with Gasteiger partial charge in [0.2, 0.25) is 11.7 Å². The molecule has 5 nitrogen and oxygen atoms in total. The average Bonchev–Trinajstić information content (AvgIpc) is 2.93. The van der Waals surface area contributed by atoms with Gasteiger partial charge in [0.25, 0.3) is 0 Å². The first-order chi connectivity index (χ1) is 11.3. The van der Waals surface area contributed by atoms with E-state index in [0.717, 1.165) is 6.07 Å². The van der Waals surface area contributed by atoms with E-state index >= 15 is 0 Å². The van der Waals surface area contributed by atoms with Gasteiger partial charge in [0.15, 0.2) is 5.82 Å². The highest BCUT2D eigenvalue weighted by Gasteiger charge is 2.37. The van der Waals surface area contributed by atoms with Crippen molar-refractivity contribution in [3.8, 4) is 0 Å². The topological polar surface area (TPSA) is 51.0 Å². The van der Waals surface area contributed by atoms with Gasteiger partial charge in [0.1, 0.15) is 5.82 Å². The molecule has 0 aliphatic carbocycles. The number of alkyl halides is 3. The van der Waals surface area contributed by atoms with Gasteiger partial charge >= 0.3 is 5.38 Å². The molecule has 0 fully saturated rings. The summed E-state index contributed by atoms with van der Waals surface area (Å²) >= 11 is 10.9. The van der Waals surface area contributed by atoms with E-state index in [1.165, 1.54) is 21.6 Å². The van der Waals surface area contributed by atoms with E-state index in [2.05, 4.69) is 10.2 Å². The molecular weight excluding hydrogens is 368 g/mol. The number of halogens is 5. The summed E-state index contributed by atoms with van der Waals surface area (Å²) in [7, 11) is 0. The second-order valence-corrected chi connectivity index (χ2v) is 6.20. The van der Waals surface area contributed by atoms with Crippen molar-refractivity contribution >= 4 is 29.1 Å². The Balaban J connectivity index is 1.73. The van der Waals surface area contributed by atoms with E-state index in [0.29, 0.717) is 5.56 Å². The first-order valence-electron chi connectivity index (χ1n) is 6.96. The lowest BCUT2D eigenvalue weighted by molar-refractivity contribution is -0.132. The number of rotatable bonds is 3. The molecule has 1 aromatic heterocycles. The predicted octanol–water partition coefficient (Wildman–Crippen LogP) is 2.94. The molecule has 2 heterocycles. The van der Waals surface area contributed by atoms with Gasteiger partial charge in [-0.3, -0.25) is 4.79 Å². The maximum Gasteiger partial charge on any atom is 0.381 e. The number of fused-ring (bicyclic) bond motifs is 1. The zero-order valence-corrected chi connectivity index (χ0v) is 13.7. The summed E-state index contributed by atoms with van der Waals surface area (Å²) in [4.78, 5) is 13.8. The number of amides is 1. The summed E-state index contributed by atoms with van der Waals surface area (Å²) in [5.41, 5.74) is 0.489. The molecule has 0 atom stereocenters. The molecule has 1 amide bonds. The van der Waals surface area contributed by atoms with Gasteiger partial charge in [-0.05, 0) is 29.3 Å². The van der Waals surface area contributed by atoms with E-state index < -0.39 is 17.0 Å². The van der Waals surface area contributed by atoms with Crippen LogP contribution in [-0.4, -0.2) is 32.1 Å². The van der Waals surface area contributed by atoms with Gasteiger partial charge in [0.05, 0.1) is 13.0 Å². The fourth-order valence-electron chi connectivity index (χ4n) is 2.52. The van der Waals surface area contributed by atoms with Crippen molar-refractivity contribution < 1.29 is 18.0 Å². The minimum absolute atomic E-state index is 0.0221. The predicted molar refractivity (Wildman–Crippen MR) is 80.3 cm³/mol. The van der Waals surface area contributed by atoms with Crippen molar-refractivity contribution in [1.82, 2.24) is 19.7 Å². The largest absolute Gasteiger partial charge is 0.381 e. The van der Waals surface area contributed by atoms with E-state index in [9.17, 15) is 18.0 Å². The van der Waals surface area contributed by atoms with E-state index in [4.69, 9.17) is 23.2 Å². The standard InChI is InChI=1S/C14H11Cl2F3N4O/c15-10-6-9(17)2-1-8(10)5-12(24)22-3-4-23-11(7-22)20-21-13(23)14(16,18)19/h1-2,6H,3-5,7H2. The molecule has 0 spiro atoms. The van der Waals surface area contributed by atoms with Crippen LogP contribution in [0.2, 0.25) is 5.02 Å². The summed E-state index contributed by atoms with van der Waals surface area (Å²) in [5.74, 6) is -1.16. The van der Waals surface area contributed by atoms with Crippen molar-refractivity contribution in [3.05, 3.63) is 46.3 Å². The van der Waals surface area contributed by atoms with Crippen LogP contribution in [0.25, 0.3) is 0 Å². The smallest absolute Gasteiger partial charge is 0.333 e. The number of nitrogens with zero attached hydrogens (tertiary/aromatic N) is 4. The third-order valence-electron chi connectivity index (χ3n) is 3.72. The highest BCUT2D eigenvalue weighted by molar-refractivity contribution is 6.31. The van der Waals surface area contributed by atoms with Crippen LogP contribution in [0.1, 0.15) is 17.2 Å². The van der Waals surface area contributed by atoms with Gasteiger partial charge in [-0.15, -0.1) is 10.2 Å². The molecular formula is C14H11Cl2F3N4O. The monoisotopic (exact) mass is 378 g/mol. The second kappa shape index (κ2) is 6.25. The van der Waals surface area contributed by atoms with Crippen LogP contribution < -0.4 is 0 Å². The maximum atomic E-state index is 13.2. The summed E-state index contributed by atoms with van der Waals surface area (Å²) in [5, 5.41) is 3.62. The SMILES string of the molecule is O=C(Cc1ccc(F)cc1Cl)N1CCn2c(nnc2C(F)(F)Cl)C1. The van der Waals surface area contributed by atoms with Gasteiger partial charge in [-0.2, -0.15) is 8.78 Å². The fraction of sp³-hybridized carbons (Fsp3) is 0.357. The van der Waals surface area contributed by atoms with Crippen LogP contribution in [0.5, 0.6) is 0 Å². The second-order valence-electron chi connectivity index (χ2n) is 5.32. The Morgan fingerprint density at radius 2 is 2.04 bits per heavy atom. The molecule has 1 aromatic carbocycles. The van der Waals surface area contributed by atoms with Gasteiger partial charge in [-0.1, -0.05) is 17.7 Å². The first-order valence-corrected chi connectivity index (χ1v) is 7.72. The maximum absolute atomic E-state index is 13.2. The molecule has 24 heavy (non-hydrogen) atoms. The molecule has 1 aliphatic heterocycles. The lowest BCUT2D eigenvalue weighted by atomic mass is 10.1. The molecule has 0 radical (unpaired) electrons. The van der Waals surface area contributed by atoms with Gasteiger partial charge in [-0.25, -0.2) is 4.39 Å². The van der Waals surface area contributed by atoms with Crippen molar-refractivity contribution in [2.45, 2.75) is 24.9 Å². The molecule has 0 unspecified atom stereocenters. The lowest BCUT2D eigenvalue weighted by Gasteiger charge is -2.28. The Morgan fingerprint density at radius 3 is 2.71 bits per heavy atom. The zero-order chi connectivity index (χ0) is 17.5. The highest BCUT2D eigenvalue weighted by Crippen LogP contribution is 2.32. The van der Waals surface area contributed by atoms with Crippen LogP contribution in [0.15, 0.2) is 18.2 Å². The Hall–Kier alpha value is -1.80. The van der Waals surface area contributed by atoms with Crippen molar-refractivity contribution in [2.75, 3.05) is 6.54 Å². The molecule has 0 bridgehead atoms. The van der Waals surface area contributed by atoms with Gasteiger partial charge < -0.3 is 9.47 Å². The molecule has 1 aliphatic rings. The van der Waals surface area contributed by atoms with Crippen molar-refractivity contribution in [2.24, 2.45) is 0 Å². The molecule has 2 aromatic rings. The normalized spacial score (nSPS) is 14.6. The Bertz CT molecular complexity index is 791. The molecule has 3 rings (SSSR count). The molecule has 10 heteroatoms. The minimum atomic E-state index is -3.61. The van der Waals surface area contributed by atoms with Crippen molar-refractivity contribution in [1.29, 1.82) is 0 Å². The van der Waals surface area contributed by atoms with E-state index in [1.54, 1.807) is 0 Å². The summed E-state index contributed by atoms with van der Waals surface area (Å²) in [6, 6.07) is 3.79. The highest BCUT2D eigenvalue weighted by atomic mass is 35.5. The molecule has 0 saturated carbocycles. The Kier molecular flexibility index (Phi) is 4.44. The van der Waals surface area contributed by atoms with Gasteiger partial charge in [0, 0.05) is 18.1 Å². The number of hydrogen-bond acceptors (Lipinski definition) is 3. The Labute approximate surface area is 145 Å². The number of carbonyl (C=O) groups is 1. The zero-order valence-electron chi connectivity index (χ0n) is 12.1.